The van der Waals surface area contributed by atoms with Gasteiger partial charge < -0.3 is 21.7 Å². The molecule has 24 heavy (non-hydrogen) atoms. The van der Waals surface area contributed by atoms with E-state index >= 15 is 0 Å². The number of urea groups is 1. The molecule has 132 valence electrons. The van der Waals surface area contributed by atoms with Gasteiger partial charge in [0.1, 0.15) is 11.9 Å². The van der Waals surface area contributed by atoms with Crippen LogP contribution in [0.4, 0.5) is 14.9 Å². The largest absolute Gasteiger partial charge is 0.368 e. The van der Waals surface area contributed by atoms with Crippen molar-refractivity contribution in [3.8, 4) is 0 Å². The van der Waals surface area contributed by atoms with Crippen molar-refractivity contribution >= 4 is 39.5 Å². The van der Waals surface area contributed by atoms with Gasteiger partial charge in [0.25, 0.3) is 0 Å². The molecular weight excluding hydrogens is 383 g/mol. The smallest absolute Gasteiger partial charge is 0.319 e. The lowest BCUT2D eigenvalue weighted by molar-refractivity contribution is -0.126. The average molecular weight is 403 g/mol. The molecule has 1 aromatic carbocycles. The number of primary amides is 1. The van der Waals surface area contributed by atoms with E-state index in [0.29, 0.717) is 10.9 Å². The van der Waals surface area contributed by atoms with Crippen LogP contribution < -0.4 is 21.7 Å². The van der Waals surface area contributed by atoms with Crippen LogP contribution in [0.3, 0.4) is 0 Å². The van der Waals surface area contributed by atoms with Crippen molar-refractivity contribution in [2.75, 3.05) is 11.9 Å². The van der Waals surface area contributed by atoms with Crippen molar-refractivity contribution in [2.45, 2.75) is 26.3 Å². The van der Waals surface area contributed by atoms with E-state index in [2.05, 4.69) is 31.9 Å². The summed E-state index contributed by atoms with van der Waals surface area (Å²) in [5, 5.41) is 7.15. The Morgan fingerprint density at radius 2 is 1.96 bits per heavy atom. The number of carbonyl (C=O) groups is 3. The minimum Gasteiger partial charge on any atom is -0.368 e. The van der Waals surface area contributed by atoms with Crippen LogP contribution in [0.1, 0.15) is 20.3 Å². The van der Waals surface area contributed by atoms with Crippen LogP contribution in [0.5, 0.6) is 0 Å². The van der Waals surface area contributed by atoms with Crippen LogP contribution in [0.25, 0.3) is 0 Å². The predicted octanol–water partition coefficient (Wildman–Crippen LogP) is 1.73. The summed E-state index contributed by atoms with van der Waals surface area (Å²) in [5.74, 6) is -1.72. The van der Waals surface area contributed by atoms with E-state index in [1.54, 1.807) is 6.07 Å². The second kappa shape index (κ2) is 9.21. The van der Waals surface area contributed by atoms with Crippen molar-refractivity contribution in [3.05, 3.63) is 28.5 Å². The first-order valence-corrected chi connectivity index (χ1v) is 8.07. The number of benzene rings is 1. The fraction of sp³-hybridized carbons (Fsp3) is 0.400. The molecule has 0 spiro atoms. The van der Waals surface area contributed by atoms with E-state index in [9.17, 15) is 18.8 Å². The monoisotopic (exact) mass is 402 g/mol. The third kappa shape index (κ3) is 6.95. The molecule has 1 rings (SSSR count). The van der Waals surface area contributed by atoms with Crippen LogP contribution in [-0.4, -0.2) is 30.4 Å². The Hall–Kier alpha value is -2.16. The molecule has 1 unspecified atom stereocenters. The van der Waals surface area contributed by atoms with E-state index < -0.39 is 29.7 Å². The Morgan fingerprint density at radius 3 is 2.50 bits per heavy atom. The zero-order chi connectivity index (χ0) is 18.3. The molecule has 7 nitrogen and oxygen atoms in total. The summed E-state index contributed by atoms with van der Waals surface area (Å²) in [6.45, 7) is 3.43. The number of carbonyl (C=O) groups excluding carboxylic acids is 3. The lowest BCUT2D eigenvalue weighted by Crippen LogP contribution is -2.50. The highest BCUT2D eigenvalue weighted by Gasteiger charge is 2.22. The zero-order valence-corrected chi connectivity index (χ0v) is 14.9. The summed E-state index contributed by atoms with van der Waals surface area (Å²) < 4.78 is 14.3. The molecule has 0 aliphatic rings. The summed E-state index contributed by atoms with van der Waals surface area (Å²) in [6, 6.07) is 2.58. The molecule has 0 aliphatic heterocycles. The molecule has 1 atom stereocenters. The van der Waals surface area contributed by atoms with Crippen molar-refractivity contribution in [2.24, 2.45) is 11.7 Å². The van der Waals surface area contributed by atoms with Crippen molar-refractivity contribution in [1.82, 2.24) is 10.6 Å². The van der Waals surface area contributed by atoms with Gasteiger partial charge in [-0.1, -0.05) is 29.8 Å². The SMILES string of the molecule is CC(C)CC(NC(=O)Nc1ccc(Br)cc1F)C(=O)NCC(N)=O. The maximum Gasteiger partial charge on any atom is 0.319 e. The molecule has 0 heterocycles. The first-order valence-electron chi connectivity index (χ1n) is 7.27. The van der Waals surface area contributed by atoms with Gasteiger partial charge in [0.2, 0.25) is 11.8 Å². The van der Waals surface area contributed by atoms with Crippen LogP contribution in [0, 0.1) is 11.7 Å². The third-order valence-corrected chi connectivity index (χ3v) is 3.44. The van der Waals surface area contributed by atoms with Gasteiger partial charge in [-0.25, -0.2) is 9.18 Å². The van der Waals surface area contributed by atoms with E-state index in [0.717, 1.165) is 0 Å². The Bertz CT molecular complexity index is 625. The third-order valence-electron chi connectivity index (χ3n) is 2.95. The molecule has 0 fully saturated rings. The van der Waals surface area contributed by atoms with Gasteiger partial charge in [-0.3, -0.25) is 9.59 Å². The fourth-order valence-corrected chi connectivity index (χ4v) is 2.24. The van der Waals surface area contributed by atoms with Gasteiger partial charge in [0, 0.05) is 4.47 Å². The molecule has 5 N–H and O–H groups in total. The highest BCUT2D eigenvalue weighted by molar-refractivity contribution is 9.10. The van der Waals surface area contributed by atoms with Gasteiger partial charge >= 0.3 is 6.03 Å². The highest BCUT2D eigenvalue weighted by Crippen LogP contribution is 2.19. The number of nitrogens with two attached hydrogens (primary N) is 1. The number of hydrogen-bond acceptors (Lipinski definition) is 3. The molecular formula is C15H20BrFN4O3. The normalized spacial score (nSPS) is 11.7. The molecule has 0 aliphatic carbocycles. The van der Waals surface area contributed by atoms with Crippen molar-refractivity contribution < 1.29 is 18.8 Å². The average Bonchev–Trinajstić information content (AvgIpc) is 2.46. The Balaban J connectivity index is 2.72. The van der Waals surface area contributed by atoms with E-state index in [-0.39, 0.29) is 18.2 Å². The van der Waals surface area contributed by atoms with Gasteiger partial charge in [0.15, 0.2) is 0 Å². The van der Waals surface area contributed by atoms with Gasteiger partial charge in [-0.2, -0.15) is 0 Å². The predicted molar refractivity (Wildman–Crippen MR) is 91.7 cm³/mol. The van der Waals surface area contributed by atoms with Crippen LogP contribution in [0.15, 0.2) is 22.7 Å². The summed E-state index contributed by atoms with van der Waals surface area (Å²) in [5.41, 5.74) is 4.96. The fourth-order valence-electron chi connectivity index (χ4n) is 1.91. The maximum absolute atomic E-state index is 13.7. The summed E-state index contributed by atoms with van der Waals surface area (Å²) in [6.07, 6.45) is 0.348. The number of anilines is 1. The standard InChI is InChI=1S/C15H20BrFN4O3/c1-8(2)5-12(14(23)19-7-13(18)22)21-15(24)20-11-4-3-9(16)6-10(11)17/h3-4,6,8,12H,5,7H2,1-2H3,(H2,18,22)(H,19,23)(H2,20,21,24). The Morgan fingerprint density at radius 1 is 1.29 bits per heavy atom. The minimum absolute atomic E-state index is 0.0171. The molecule has 9 heteroatoms. The molecule has 0 bridgehead atoms. The number of rotatable bonds is 7. The molecule has 0 saturated heterocycles. The minimum atomic E-state index is -0.872. The molecule has 4 amide bonds. The lowest BCUT2D eigenvalue weighted by Gasteiger charge is -2.20. The zero-order valence-electron chi connectivity index (χ0n) is 13.4. The van der Waals surface area contributed by atoms with E-state index in [1.165, 1.54) is 12.1 Å². The topological polar surface area (TPSA) is 113 Å². The Labute approximate surface area is 147 Å². The van der Waals surface area contributed by atoms with Crippen LogP contribution >= 0.6 is 15.9 Å². The summed E-state index contributed by atoms with van der Waals surface area (Å²) in [7, 11) is 0. The highest BCUT2D eigenvalue weighted by atomic mass is 79.9. The second-order valence-corrected chi connectivity index (χ2v) is 6.50. The number of nitrogens with one attached hydrogen (secondary N) is 3. The van der Waals surface area contributed by atoms with Gasteiger partial charge in [-0.15, -0.1) is 0 Å². The maximum atomic E-state index is 13.7. The lowest BCUT2D eigenvalue weighted by atomic mass is 10.0. The van der Waals surface area contributed by atoms with Gasteiger partial charge in [0.05, 0.1) is 12.2 Å². The van der Waals surface area contributed by atoms with Crippen LogP contribution in [0.2, 0.25) is 0 Å². The number of hydrogen-bond donors (Lipinski definition) is 4. The molecule has 0 saturated carbocycles. The second-order valence-electron chi connectivity index (χ2n) is 5.59. The first-order chi connectivity index (χ1) is 11.2. The van der Waals surface area contributed by atoms with Crippen LogP contribution in [-0.2, 0) is 9.59 Å². The Kier molecular flexibility index (Phi) is 7.63. The quantitative estimate of drug-likeness (QED) is 0.556. The molecule has 0 aromatic heterocycles. The summed E-state index contributed by atoms with van der Waals surface area (Å²) >= 11 is 3.12. The van der Waals surface area contributed by atoms with E-state index in [4.69, 9.17) is 5.73 Å². The number of halogens is 2. The van der Waals surface area contributed by atoms with E-state index in [1.807, 2.05) is 13.8 Å². The summed E-state index contributed by atoms with van der Waals surface area (Å²) in [4.78, 5) is 34.8. The van der Waals surface area contributed by atoms with Crippen molar-refractivity contribution in [3.63, 3.8) is 0 Å². The number of amides is 4. The van der Waals surface area contributed by atoms with Crippen molar-refractivity contribution in [1.29, 1.82) is 0 Å². The molecule has 1 aromatic rings. The first kappa shape index (κ1) is 19.9. The molecule has 0 radical (unpaired) electrons. The van der Waals surface area contributed by atoms with Gasteiger partial charge in [-0.05, 0) is 30.5 Å².